The summed E-state index contributed by atoms with van der Waals surface area (Å²) in [5.41, 5.74) is 0.417. The van der Waals surface area contributed by atoms with Gasteiger partial charge in [-0.25, -0.2) is 9.18 Å². The summed E-state index contributed by atoms with van der Waals surface area (Å²) in [4.78, 5) is 12.4. The maximum atomic E-state index is 13.9. The lowest BCUT2D eigenvalue weighted by atomic mass is 10.0. The lowest BCUT2D eigenvalue weighted by molar-refractivity contribution is 0.496. The van der Waals surface area contributed by atoms with Crippen molar-refractivity contribution in [2.45, 2.75) is 25.3 Å². The third-order valence-electron chi connectivity index (χ3n) is 3.78. The molecular weight excluding hydrogens is 276 g/mol. The molecule has 0 spiro atoms. The predicted octanol–water partition coefficient (Wildman–Crippen LogP) is 2.55. The molecule has 0 N–H and O–H groups in total. The Bertz CT molecular complexity index is 748. The van der Waals surface area contributed by atoms with Crippen molar-refractivity contribution in [3.8, 4) is 0 Å². The highest BCUT2D eigenvalue weighted by Crippen LogP contribution is 2.30. The lowest BCUT2D eigenvalue weighted by Gasteiger charge is -2.13. The van der Waals surface area contributed by atoms with Crippen molar-refractivity contribution >= 4 is 5.70 Å². The van der Waals surface area contributed by atoms with Crippen LogP contribution in [0.5, 0.6) is 0 Å². The number of halogens is 2. The summed E-state index contributed by atoms with van der Waals surface area (Å²) >= 11 is 0. The fourth-order valence-electron chi connectivity index (χ4n) is 2.76. The van der Waals surface area contributed by atoms with E-state index in [2.05, 4.69) is 11.7 Å². The number of nitrogens with zero attached hydrogens (tertiary/aromatic N) is 3. The van der Waals surface area contributed by atoms with E-state index in [1.807, 2.05) is 0 Å². The van der Waals surface area contributed by atoms with Crippen LogP contribution in [0.2, 0.25) is 0 Å². The lowest BCUT2D eigenvalue weighted by Crippen LogP contribution is -2.27. The second kappa shape index (κ2) is 5.27. The van der Waals surface area contributed by atoms with E-state index in [1.165, 1.54) is 10.6 Å². The van der Waals surface area contributed by atoms with Gasteiger partial charge in [0.05, 0.1) is 12.7 Å². The molecule has 4 nitrogen and oxygen atoms in total. The first kappa shape index (κ1) is 13.7. The smallest absolute Gasteiger partial charge is 0.271 e. The molecule has 3 rings (SSSR count). The Morgan fingerprint density at radius 3 is 2.90 bits per heavy atom. The summed E-state index contributed by atoms with van der Waals surface area (Å²) in [7, 11) is 0. The normalized spacial score (nSPS) is 17.0. The number of fused-ring (bicyclic) bond motifs is 1. The van der Waals surface area contributed by atoms with Crippen molar-refractivity contribution in [1.82, 2.24) is 14.3 Å². The molecule has 1 aromatic carbocycles. The first-order chi connectivity index (χ1) is 10.1. The molecule has 1 atom stereocenters. The van der Waals surface area contributed by atoms with Crippen LogP contribution in [0.25, 0.3) is 5.70 Å². The summed E-state index contributed by atoms with van der Waals surface area (Å²) in [6, 6.07) is 6.05. The van der Waals surface area contributed by atoms with Gasteiger partial charge in [-0.05, 0) is 12.5 Å². The van der Waals surface area contributed by atoms with Gasteiger partial charge in [0.1, 0.15) is 11.6 Å². The molecule has 0 amide bonds. The van der Waals surface area contributed by atoms with Crippen LogP contribution in [0.15, 0.2) is 35.6 Å². The molecule has 2 aromatic rings. The molecule has 1 aromatic heterocycles. The SMILES string of the molecule is C=C(CCF)n1nc2n(c1=O)C(c1ccccc1F)CC2. The Hall–Kier alpha value is -2.24. The van der Waals surface area contributed by atoms with E-state index in [0.29, 0.717) is 29.9 Å². The Balaban J connectivity index is 2.05. The van der Waals surface area contributed by atoms with E-state index >= 15 is 0 Å². The number of allylic oxidation sites excluding steroid dienone is 1. The van der Waals surface area contributed by atoms with Crippen molar-refractivity contribution in [3.05, 3.63) is 58.5 Å². The molecule has 0 bridgehead atoms. The summed E-state index contributed by atoms with van der Waals surface area (Å²) < 4.78 is 29.0. The van der Waals surface area contributed by atoms with Gasteiger partial charge in [0.25, 0.3) is 0 Å². The molecule has 21 heavy (non-hydrogen) atoms. The molecule has 0 aliphatic carbocycles. The van der Waals surface area contributed by atoms with Gasteiger partial charge >= 0.3 is 5.69 Å². The van der Waals surface area contributed by atoms with E-state index < -0.39 is 6.67 Å². The van der Waals surface area contributed by atoms with Crippen LogP contribution in [0.4, 0.5) is 8.78 Å². The molecule has 1 aliphatic rings. The van der Waals surface area contributed by atoms with Crippen molar-refractivity contribution < 1.29 is 8.78 Å². The number of hydrogen-bond donors (Lipinski definition) is 0. The van der Waals surface area contributed by atoms with Crippen molar-refractivity contribution in [3.63, 3.8) is 0 Å². The van der Waals surface area contributed by atoms with Gasteiger partial charge in [-0.15, -0.1) is 0 Å². The van der Waals surface area contributed by atoms with Crippen LogP contribution in [-0.2, 0) is 6.42 Å². The minimum atomic E-state index is -0.593. The average molecular weight is 291 g/mol. The second-order valence-corrected chi connectivity index (χ2v) is 5.06. The molecule has 0 saturated heterocycles. The van der Waals surface area contributed by atoms with Crippen LogP contribution in [0.1, 0.15) is 30.3 Å². The molecule has 110 valence electrons. The molecule has 1 unspecified atom stereocenters. The van der Waals surface area contributed by atoms with Crippen molar-refractivity contribution in [2.75, 3.05) is 6.67 Å². The van der Waals surface area contributed by atoms with Crippen LogP contribution in [0, 0.1) is 5.82 Å². The second-order valence-electron chi connectivity index (χ2n) is 5.06. The number of rotatable bonds is 4. The fraction of sp³-hybridized carbons (Fsp3) is 0.333. The fourth-order valence-corrected chi connectivity index (χ4v) is 2.76. The van der Waals surface area contributed by atoms with E-state index in [-0.39, 0.29) is 24.0 Å². The molecule has 0 fully saturated rings. The van der Waals surface area contributed by atoms with Gasteiger partial charge in [0.15, 0.2) is 0 Å². The molecule has 6 heteroatoms. The standard InChI is InChI=1S/C15H15F2N3O/c1-10(8-9-16)20-15(21)19-13(6-7-14(19)18-20)11-4-2-3-5-12(11)17/h2-5,13H,1,6-9H2. The topological polar surface area (TPSA) is 39.8 Å². The highest BCUT2D eigenvalue weighted by atomic mass is 19.1. The molecule has 2 heterocycles. The van der Waals surface area contributed by atoms with Crippen LogP contribution >= 0.6 is 0 Å². The number of aryl methyl sites for hydroxylation is 1. The highest BCUT2D eigenvalue weighted by molar-refractivity contribution is 5.39. The van der Waals surface area contributed by atoms with Gasteiger partial charge in [0, 0.05) is 24.1 Å². The van der Waals surface area contributed by atoms with Gasteiger partial charge in [-0.2, -0.15) is 9.78 Å². The minimum absolute atomic E-state index is 0.0563. The van der Waals surface area contributed by atoms with Crippen LogP contribution in [0.3, 0.4) is 0 Å². The molecular formula is C15H15F2N3O. The summed E-state index contributed by atoms with van der Waals surface area (Å²) in [6.07, 6.45) is 1.28. The zero-order valence-electron chi connectivity index (χ0n) is 11.4. The maximum Gasteiger partial charge on any atom is 0.350 e. The third-order valence-corrected chi connectivity index (χ3v) is 3.78. The summed E-state index contributed by atoms with van der Waals surface area (Å²) in [5, 5.41) is 4.19. The zero-order valence-corrected chi connectivity index (χ0v) is 11.4. The third kappa shape index (κ3) is 2.20. The number of hydrogen-bond acceptors (Lipinski definition) is 2. The largest absolute Gasteiger partial charge is 0.350 e. The predicted molar refractivity (Wildman–Crippen MR) is 75.3 cm³/mol. The van der Waals surface area contributed by atoms with Gasteiger partial charge in [-0.3, -0.25) is 8.96 Å². The Morgan fingerprint density at radius 2 is 2.19 bits per heavy atom. The van der Waals surface area contributed by atoms with E-state index in [9.17, 15) is 13.6 Å². The van der Waals surface area contributed by atoms with Gasteiger partial charge in [0.2, 0.25) is 0 Å². The first-order valence-corrected chi connectivity index (χ1v) is 6.82. The number of alkyl halides is 1. The summed E-state index contributed by atoms with van der Waals surface area (Å²) in [6.45, 7) is 3.08. The van der Waals surface area contributed by atoms with E-state index in [4.69, 9.17) is 0 Å². The monoisotopic (exact) mass is 291 g/mol. The summed E-state index contributed by atoms with van der Waals surface area (Å²) in [5.74, 6) is 0.255. The zero-order chi connectivity index (χ0) is 15.0. The van der Waals surface area contributed by atoms with Gasteiger partial charge < -0.3 is 0 Å². The Morgan fingerprint density at radius 1 is 1.43 bits per heavy atom. The van der Waals surface area contributed by atoms with E-state index in [1.54, 1.807) is 18.2 Å². The minimum Gasteiger partial charge on any atom is -0.271 e. The highest BCUT2D eigenvalue weighted by Gasteiger charge is 2.30. The molecule has 0 radical (unpaired) electrons. The number of aromatic nitrogens is 3. The number of benzene rings is 1. The Kier molecular flexibility index (Phi) is 3.45. The molecule has 1 aliphatic heterocycles. The maximum absolute atomic E-state index is 13.9. The van der Waals surface area contributed by atoms with Crippen LogP contribution < -0.4 is 5.69 Å². The quantitative estimate of drug-likeness (QED) is 0.868. The van der Waals surface area contributed by atoms with Crippen molar-refractivity contribution in [2.24, 2.45) is 0 Å². The van der Waals surface area contributed by atoms with E-state index in [0.717, 1.165) is 4.68 Å². The molecule has 0 saturated carbocycles. The Labute approximate surface area is 120 Å². The van der Waals surface area contributed by atoms with Gasteiger partial charge in [-0.1, -0.05) is 24.8 Å². The van der Waals surface area contributed by atoms with Crippen molar-refractivity contribution in [1.29, 1.82) is 0 Å². The average Bonchev–Trinajstić information content (AvgIpc) is 3.01. The van der Waals surface area contributed by atoms with Crippen LogP contribution in [-0.4, -0.2) is 21.0 Å². The first-order valence-electron chi connectivity index (χ1n) is 6.82.